The number of nitrogens with zero attached hydrogens (tertiary/aromatic N) is 2. The van der Waals surface area contributed by atoms with Gasteiger partial charge in [-0.15, -0.1) is 0 Å². The fraction of sp³-hybridized carbons (Fsp3) is 0.923. The van der Waals surface area contributed by atoms with E-state index in [0.717, 1.165) is 31.9 Å². The minimum absolute atomic E-state index is 0.381. The van der Waals surface area contributed by atoms with Crippen LogP contribution in [0, 0.1) is 5.92 Å². The smallest absolute Gasteiger partial charge is 0.357 e. The van der Waals surface area contributed by atoms with Gasteiger partial charge in [-0.1, -0.05) is 0 Å². The molecule has 0 bridgehead atoms. The molecule has 1 aliphatic heterocycles. The van der Waals surface area contributed by atoms with Gasteiger partial charge in [0.15, 0.2) is 5.96 Å². The lowest BCUT2D eigenvalue weighted by Gasteiger charge is -2.31. The number of piperidine rings is 1. The number of hydrogen-bond donors (Lipinski definition) is 2. The van der Waals surface area contributed by atoms with Crippen LogP contribution in [0.4, 0.5) is 13.2 Å². The summed E-state index contributed by atoms with van der Waals surface area (Å²) in [4.78, 5) is 5.96. The average molecular weight is 294 g/mol. The first-order valence-corrected chi connectivity index (χ1v) is 7.26. The van der Waals surface area contributed by atoms with Crippen LogP contribution in [-0.2, 0) is 0 Å². The van der Waals surface area contributed by atoms with Crippen LogP contribution in [-0.4, -0.2) is 56.3 Å². The van der Waals surface area contributed by atoms with E-state index in [9.17, 15) is 13.2 Å². The first-order valence-electron chi connectivity index (χ1n) is 7.26. The molecule has 7 heteroatoms. The Bertz CT molecular complexity index is 288. The van der Waals surface area contributed by atoms with Gasteiger partial charge in [-0.05, 0) is 45.7 Å². The van der Waals surface area contributed by atoms with E-state index in [2.05, 4.69) is 15.6 Å². The molecule has 0 atom stereocenters. The second-order valence-electron chi connectivity index (χ2n) is 5.08. The normalized spacial score (nSPS) is 17.9. The van der Waals surface area contributed by atoms with E-state index in [1.165, 1.54) is 4.90 Å². The zero-order valence-electron chi connectivity index (χ0n) is 12.3. The zero-order chi connectivity index (χ0) is 15.0. The van der Waals surface area contributed by atoms with E-state index in [1.807, 2.05) is 13.8 Å². The van der Waals surface area contributed by atoms with Gasteiger partial charge < -0.3 is 10.6 Å². The maximum Gasteiger partial charge on any atom is 0.401 e. The SMILES string of the molecule is CCNC(=NCC1CCN(CC(F)(F)F)CC1)NCC. The van der Waals surface area contributed by atoms with E-state index in [0.29, 0.717) is 25.6 Å². The second kappa shape index (κ2) is 8.34. The predicted molar refractivity (Wildman–Crippen MR) is 74.9 cm³/mol. The van der Waals surface area contributed by atoms with Gasteiger partial charge in [0.25, 0.3) is 0 Å². The van der Waals surface area contributed by atoms with Crippen molar-refractivity contribution in [2.75, 3.05) is 39.3 Å². The number of alkyl halides is 3. The van der Waals surface area contributed by atoms with Crippen LogP contribution in [0.1, 0.15) is 26.7 Å². The van der Waals surface area contributed by atoms with Crippen molar-refractivity contribution >= 4 is 5.96 Å². The molecule has 0 aliphatic carbocycles. The summed E-state index contributed by atoms with van der Waals surface area (Å²) in [5.41, 5.74) is 0. The van der Waals surface area contributed by atoms with Crippen molar-refractivity contribution in [1.29, 1.82) is 0 Å². The third-order valence-electron chi connectivity index (χ3n) is 3.31. The summed E-state index contributed by atoms with van der Waals surface area (Å²) in [6.45, 7) is 6.52. The van der Waals surface area contributed by atoms with Crippen molar-refractivity contribution in [3.63, 3.8) is 0 Å². The quantitative estimate of drug-likeness (QED) is 0.600. The Kier molecular flexibility index (Phi) is 7.12. The van der Waals surface area contributed by atoms with Gasteiger partial charge >= 0.3 is 6.18 Å². The summed E-state index contributed by atoms with van der Waals surface area (Å²) < 4.78 is 36.8. The lowest BCUT2D eigenvalue weighted by atomic mass is 9.97. The molecule has 1 heterocycles. The summed E-state index contributed by atoms with van der Waals surface area (Å²) in [5, 5.41) is 6.29. The molecular weight excluding hydrogens is 269 g/mol. The van der Waals surface area contributed by atoms with Gasteiger partial charge in [0, 0.05) is 19.6 Å². The Balaban J connectivity index is 2.32. The van der Waals surface area contributed by atoms with Gasteiger partial charge in [-0.25, -0.2) is 0 Å². The second-order valence-corrected chi connectivity index (χ2v) is 5.08. The lowest BCUT2D eigenvalue weighted by Crippen LogP contribution is -2.41. The van der Waals surface area contributed by atoms with Crippen molar-refractivity contribution < 1.29 is 13.2 Å². The molecule has 118 valence electrons. The molecule has 0 aromatic heterocycles. The highest BCUT2D eigenvalue weighted by atomic mass is 19.4. The van der Waals surface area contributed by atoms with Gasteiger partial charge in [-0.2, -0.15) is 13.2 Å². The highest BCUT2D eigenvalue weighted by Gasteiger charge is 2.32. The fourth-order valence-electron chi connectivity index (χ4n) is 2.31. The van der Waals surface area contributed by atoms with Gasteiger partial charge in [0.2, 0.25) is 0 Å². The molecule has 4 nitrogen and oxygen atoms in total. The average Bonchev–Trinajstić information content (AvgIpc) is 2.36. The number of rotatable bonds is 5. The van der Waals surface area contributed by atoms with E-state index in [1.54, 1.807) is 0 Å². The Morgan fingerprint density at radius 1 is 1.15 bits per heavy atom. The number of aliphatic imine (C=N–C) groups is 1. The topological polar surface area (TPSA) is 39.7 Å². The first-order chi connectivity index (χ1) is 9.44. The number of nitrogens with one attached hydrogen (secondary N) is 2. The molecule has 20 heavy (non-hydrogen) atoms. The molecule has 2 N–H and O–H groups in total. The minimum Gasteiger partial charge on any atom is -0.357 e. The largest absolute Gasteiger partial charge is 0.401 e. The van der Waals surface area contributed by atoms with Crippen molar-refractivity contribution in [2.45, 2.75) is 32.9 Å². The number of likely N-dealkylation sites (tertiary alicyclic amines) is 1. The Labute approximate surface area is 118 Å². The van der Waals surface area contributed by atoms with Gasteiger partial charge in [-0.3, -0.25) is 9.89 Å². The van der Waals surface area contributed by atoms with Crippen LogP contribution in [0.3, 0.4) is 0 Å². The van der Waals surface area contributed by atoms with E-state index >= 15 is 0 Å². The molecule has 0 radical (unpaired) electrons. The van der Waals surface area contributed by atoms with Crippen molar-refractivity contribution in [1.82, 2.24) is 15.5 Å². The van der Waals surface area contributed by atoms with Gasteiger partial charge in [0.05, 0.1) is 6.54 Å². The maximum atomic E-state index is 12.3. The maximum absolute atomic E-state index is 12.3. The van der Waals surface area contributed by atoms with Crippen LogP contribution < -0.4 is 10.6 Å². The molecule has 0 unspecified atom stereocenters. The van der Waals surface area contributed by atoms with Crippen LogP contribution in [0.25, 0.3) is 0 Å². The summed E-state index contributed by atoms with van der Waals surface area (Å²) in [5.74, 6) is 1.17. The zero-order valence-corrected chi connectivity index (χ0v) is 12.3. The highest BCUT2D eigenvalue weighted by Crippen LogP contribution is 2.22. The number of halogens is 3. The van der Waals surface area contributed by atoms with Crippen LogP contribution in [0.15, 0.2) is 4.99 Å². The Morgan fingerprint density at radius 2 is 1.70 bits per heavy atom. The fourth-order valence-corrected chi connectivity index (χ4v) is 2.31. The van der Waals surface area contributed by atoms with Crippen molar-refractivity contribution in [3.8, 4) is 0 Å². The molecule has 1 saturated heterocycles. The van der Waals surface area contributed by atoms with E-state index < -0.39 is 12.7 Å². The van der Waals surface area contributed by atoms with Crippen LogP contribution in [0.5, 0.6) is 0 Å². The Morgan fingerprint density at radius 3 is 2.15 bits per heavy atom. The summed E-state index contributed by atoms with van der Waals surface area (Å²) >= 11 is 0. The molecule has 1 aliphatic rings. The molecule has 0 spiro atoms. The molecule has 0 amide bonds. The molecule has 1 fully saturated rings. The van der Waals surface area contributed by atoms with E-state index in [4.69, 9.17) is 0 Å². The molecule has 1 rings (SSSR count). The lowest BCUT2D eigenvalue weighted by molar-refractivity contribution is -0.148. The molecule has 0 aromatic rings. The van der Waals surface area contributed by atoms with Crippen molar-refractivity contribution in [2.24, 2.45) is 10.9 Å². The third kappa shape index (κ3) is 6.98. The third-order valence-corrected chi connectivity index (χ3v) is 3.31. The molecule has 0 saturated carbocycles. The standard InChI is InChI=1S/C13H25F3N4/c1-3-17-12(18-4-2)19-9-11-5-7-20(8-6-11)10-13(14,15)16/h11H,3-10H2,1-2H3,(H2,17,18,19). The number of hydrogen-bond acceptors (Lipinski definition) is 2. The van der Waals surface area contributed by atoms with Crippen LogP contribution >= 0.6 is 0 Å². The van der Waals surface area contributed by atoms with Gasteiger partial charge in [0.1, 0.15) is 0 Å². The summed E-state index contributed by atoms with van der Waals surface area (Å²) in [6, 6.07) is 0. The summed E-state index contributed by atoms with van der Waals surface area (Å²) in [7, 11) is 0. The first kappa shape index (κ1) is 17.1. The van der Waals surface area contributed by atoms with Crippen molar-refractivity contribution in [3.05, 3.63) is 0 Å². The van der Waals surface area contributed by atoms with Crippen LogP contribution in [0.2, 0.25) is 0 Å². The summed E-state index contributed by atoms with van der Waals surface area (Å²) in [6.07, 6.45) is -2.52. The predicted octanol–water partition coefficient (Wildman–Crippen LogP) is 1.84. The monoisotopic (exact) mass is 294 g/mol. The minimum atomic E-state index is -4.09. The Hall–Kier alpha value is -0.980. The molecule has 0 aromatic carbocycles. The number of guanidine groups is 1. The van der Waals surface area contributed by atoms with E-state index in [-0.39, 0.29) is 0 Å². The highest BCUT2D eigenvalue weighted by molar-refractivity contribution is 5.79. The molecular formula is C13H25F3N4.